The third kappa shape index (κ3) is 2.76. The maximum atomic E-state index is 4.41. The Bertz CT molecular complexity index is 454. The van der Waals surface area contributed by atoms with Crippen molar-refractivity contribution in [2.24, 2.45) is 0 Å². The standard InChI is InChI=1S/C12H10BrNS/c1-9-12(13)15-11(14-9)8-7-10-5-3-2-4-6-10/h2-8H,1H3/b8-7+. The zero-order chi connectivity index (χ0) is 10.7. The highest BCUT2D eigenvalue weighted by Crippen LogP contribution is 2.25. The van der Waals surface area contributed by atoms with Crippen LogP contribution < -0.4 is 0 Å². The fraction of sp³-hybridized carbons (Fsp3) is 0.0833. The second kappa shape index (κ2) is 4.73. The highest BCUT2D eigenvalue weighted by Gasteiger charge is 2.00. The predicted octanol–water partition coefficient (Wildman–Crippen LogP) is 4.38. The zero-order valence-electron chi connectivity index (χ0n) is 8.27. The van der Waals surface area contributed by atoms with Gasteiger partial charge >= 0.3 is 0 Å². The summed E-state index contributed by atoms with van der Waals surface area (Å²) in [6, 6.07) is 10.2. The third-order valence-corrected chi connectivity index (χ3v) is 3.95. The van der Waals surface area contributed by atoms with Crippen molar-refractivity contribution in [2.45, 2.75) is 6.92 Å². The number of aryl methyl sites for hydroxylation is 1. The van der Waals surface area contributed by atoms with Gasteiger partial charge in [0.25, 0.3) is 0 Å². The van der Waals surface area contributed by atoms with Crippen LogP contribution in [-0.4, -0.2) is 4.98 Å². The highest BCUT2D eigenvalue weighted by molar-refractivity contribution is 9.11. The summed E-state index contributed by atoms with van der Waals surface area (Å²) in [5, 5.41) is 1.03. The van der Waals surface area contributed by atoms with Crippen molar-refractivity contribution in [1.29, 1.82) is 0 Å². The molecule has 0 bridgehead atoms. The fourth-order valence-electron chi connectivity index (χ4n) is 1.20. The van der Waals surface area contributed by atoms with Gasteiger partial charge in [-0.1, -0.05) is 36.4 Å². The molecule has 3 heteroatoms. The van der Waals surface area contributed by atoms with Crippen molar-refractivity contribution in [3.8, 4) is 0 Å². The molecule has 1 aromatic heterocycles. The van der Waals surface area contributed by atoms with Crippen LogP contribution in [0.4, 0.5) is 0 Å². The average molecular weight is 280 g/mol. The van der Waals surface area contributed by atoms with Gasteiger partial charge in [0.2, 0.25) is 0 Å². The lowest BCUT2D eigenvalue weighted by Gasteiger charge is -1.89. The van der Waals surface area contributed by atoms with Crippen LogP contribution in [0.25, 0.3) is 12.2 Å². The van der Waals surface area contributed by atoms with Gasteiger partial charge in [-0.2, -0.15) is 0 Å². The third-order valence-electron chi connectivity index (χ3n) is 1.97. The first kappa shape index (κ1) is 10.6. The van der Waals surface area contributed by atoms with Crippen molar-refractivity contribution < 1.29 is 0 Å². The van der Waals surface area contributed by atoms with E-state index in [0.29, 0.717) is 0 Å². The van der Waals surface area contributed by atoms with E-state index >= 15 is 0 Å². The van der Waals surface area contributed by atoms with Crippen LogP contribution >= 0.6 is 27.3 Å². The average Bonchev–Trinajstić information content (AvgIpc) is 2.57. The Kier molecular flexibility index (Phi) is 3.34. The van der Waals surface area contributed by atoms with Crippen molar-refractivity contribution in [1.82, 2.24) is 4.98 Å². The van der Waals surface area contributed by atoms with Crippen LogP contribution in [0.1, 0.15) is 16.3 Å². The summed E-state index contributed by atoms with van der Waals surface area (Å²) in [5.74, 6) is 0. The summed E-state index contributed by atoms with van der Waals surface area (Å²) in [4.78, 5) is 4.41. The molecule has 2 rings (SSSR count). The Hall–Kier alpha value is -0.930. The Labute approximate surface area is 102 Å². The second-order valence-corrected chi connectivity index (χ2v) is 5.50. The molecule has 0 radical (unpaired) electrons. The Morgan fingerprint density at radius 3 is 2.53 bits per heavy atom. The van der Waals surface area contributed by atoms with Crippen LogP contribution in [0.5, 0.6) is 0 Å². The van der Waals surface area contributed by atoms with Crippen molar-refractivity contribution in [3.63, 3.8) is 0 Å². The maximum absolute atomic E-state index is 4.41. The van der Waals surface area contributed by atoms with Crippen LogP contribution in [0.15, 0.2) is 34.1 Å². The van der Waals surface area contributed by atoms with E-state index in [1.165, 1.54) is 5.56 Å². The fourth-order valence-corrected chi connectivity index (χ4v) is 2.48. The number of rotatable bonds is 2. The number of thiazole rings is 1. The number of halogens is 1. The molecule has 15 heavy (non-hydrogen) atoms. The van der Waals surface area contributed by atoms with Crippen molar-refractivity contribution >= 4 is 39.4 Å². The van der Waals surface area contributed by atoms with Crippen molar-refractivity contribution in [3.05, 3.63) is 50.4 Å². The largest absolute Gasteiger partial charge is 0.241 e. The van der Waals surface area contributed by atoms with Gasteiger partial charge < -0.3 is 0 Å². The molecule has 0 unspecified atom stereocenters. The van der Waals surface area contributed by atoms with E-state index in [4.69, 9.17) is 0 Å². The molecule has 0 spiro atoms. The summed E-state index contributed by atoms with van der Waals surface area (Å²) in [6.45, 7) is 2.00. The topological polar surface area (TPSA) is 12.9 Å². The molecular formula is C12H10BrNS. The molecule has 0 amide bonds. The van der Waals surface area contributed by atoms with E-state index in [1.54, 1.807) is 11.3 Å². The van der Waals surface area contributed by atoms with Gasteiger partial charge in [-0.25, -0.2) is 4.98 Å². The molecule has 0 N–H and O–H groups in total. The Morgan fingerprint density at radius 2 is 1.93 bits per heavy atom. The van der Waals surface area contributed by atoms with Gasteiger partial charge in [0.05, 0.1) is 9.48 Å². The van der Waals surface area contributed by atoms with Gasteiger partial charge in [0, 0.05) is 0 Å². The summed E-state index contributed by atoms with van der Waals surface area (Å²) in [7, 11) is 0. The van der Waals surface area contributed by atoms with E-state index in [1.807, 2.05) is 31.2 Å². The molecule has 0 aliphatic rings. The second-order valence-electron chi connectivity index (χ2n) is 3.16. The number of nitrogens with zero attached hydrogens (tertiary/aromatic N) is 1. The van der Waals surface area contributed by atoms with Gasteiger partial charge in [0.1, 0.15) is 5.01 Å². The minimum Gasteiger partial charge on any atom is -0.241 e. The van der Waals surface area contributed by atoms with E-state index in [9.17, 15) is 0 Å². The summed E-state index contributed by atoms with van der Waals surface area (Å²) < 4.78 is 1.11. The van der Waals surface area contributed by atoms with Crippen LogP contribution in [0.2, 0.25) is 0 Å². The number of benzene rings is 1. The molecule has 0 atom stereocenters. The van der Waals surface area contributed by atoms with E-state index in [2.05, 4.69) is 39.1 Å². The first-order valence-electron chi connectivity index (χ1n) is 4.62. The van der Waals surface area contributed by atoms with E-state index in [0.717, 1.165) is 14.5 Å². The van der Waals surface area contributed by atoms with Crippen LogP contribution in [-0.2, 0) is 0 Å². The molecule has 1 heterocycles. The summed E-state index contributed by atoms with van der Waals surface area (Å²) >= 11 is 5.12. The SMILES string of the molecule is Cc1nc(/C=C/c2ccccc2)sc1Br. The molecule has 0 aliphatic heterocycles. The molecular weight excluding hydrogens is 270 g/mol. The molecule has 0 aliphatic carbocycles. The lowest BCUT2D eigenvalue weighted by molar-refractivity contribution is 1.24. The summed E-state index contributed by atoms with van der Waals surface area (Å²) in [6.07, 6.45) is 4.11. The van der Waals surface area contributed by atoms with Gasteiger partial charge in [-0.3, -0.25) is 0 Å². The molecule has 0 fully saturated rings. The van der Waals surface area contributed by atoms with Crippen molar-refractivity contribution in [2.75, 3.05) is 0 Å². The minimum atomic E-state index is 1.03. The molecule has 1 aromatic carbocycles. The normalized spacial score (nSPS) is 11.1. The maximum Gasteiger partial charge on any atom is 0.117 e. The molecule has 1 nitrogen and oxygen atoms in total. The number of hydrogen-bond acceptors (Lipinski definition) is 2. The van der Waals surface area contributed by atoms with Gasteiger partial charge in [-0.15, -0.1) is 11.3 Å². The minimum absolute atomic E-state index is 1.03. The summed E-state index contributed by atoms with van der Waals surface area (Å²) in [5.41, 5.74) is 2.24. The first-order chi connectivity index (χ1) is 7.25. The lowest BCUT2D eigenvalue weighted by atomic mass is 10.2. The monoisotopic (exact) mass is 279 g/mol. The zero-order valence-corrected chi connectivity index (χ0v) is 10.7. The smallest absolute Gasteiger partial charge is 0.117 e. The predicted molar refractivity (Wildman–Crippen MR) is 69.9 cm³/mol. The van der Waals surface area contributed by atoms with Crippen LogP contribution in [0, 0.1) is 6.92 Å². The van der Waals surface area contributed by atoms with E-state index in [-0.39, 0.29) is 0 Å². The van der Waals surface area contributed by atoms with E-state index < -0.39 is 0 Å². The Balaban J connectivity index is 2.19. The van der Waals surface area contributed by atoms with Crippen LogP contribution in [0.3, 0.4) is 0 Å². The van der Waals surface area contributed by atoms with Gasteiger partial charge in [-0.05, 0) is 34.5 Å². The molecule has 0 saturated carbocycles. The molecule has 2 aromatic rings. The molecule has 76 valence electrons. The number of aromatic nitrogens is 1. The quantitative estimate of drug-likeness (QED) is 0.795. The number of hydrogen-bond donors (Lipinski definition) is 0. The Morgan fingerprint density at radius 1 is 1.20 bits per heavy atom. The lowest BCUT2D eigenvalue weighted by Crippen LogP contribution is -1.72. The highest BCUT2D eigenvalue weighted by atomic mass is 79.9. The van der Waals surface area contributed by atoms with Gasteiger partial charge in [0.15, 0.2) is 0 Å². The first-order valence-corrected chi connectivity index (χ1v) is 6.23. The molecule has 0 saturated heterocycles.